The van der Waals surface area contributed by atoms with Gasteiger partial charge in [0.2, 0.25) is 0 Å². The first-order valence-electron chi connectivity index (χ1n) is 6.28. The van der Waals surface area contributed by atoms with Crippen LogP contribution in [-0.2, 0) is 11.2 Å². The fourth-order valence-electron chi connectivity index (χ4n) is 2.01. The van der Waals surface area contributed by atoms with Crippen molar-refractivity contribution < 1.29 is 9.53 Å². The van der Waals surface area contributed by atoms with E-state index in [1.165, 1.54) is 5.56 Å². The molecule has 1 aromatic carbocycles. The second kappa shape index (κ2) is 5.82. The Morgan fingerprint density at radius 2 is 2.18 bits per heavy atom. The number of amides is 1. The molecule has 92 valence electrons. The number of hydrogen-bond acceptors (Lipinski definition) is 2. The van der Waals surface area contributed by atoms with Gasteiger partial charge in [0.25, 0.3) is 5.91 Å². The molecule has 17 heavy (non-hydrogen) atoms. The van der Waals surface area contributed by atoms with Crippen LogP contribution in [0.3, 0.4) is 0 Å². The summed E-state index contributed by atoms with van der Waals surface area (Å²) < 4.78 is 5.46. The molecule has 1 atom stereocenters. The third-order valence-electron chi connectivity index (χ3n) is 3.14. The summed E-state index contributed by atoms with van der Waals surface area (Å²) in [6, 6.07) is 7.76. The van der Waals surface area contributed by atoms with Gasteiger partial charge in [-0.3, -0.25) is 4.79 Å². The molecule has 1 aromatic rings. The molecule has 2 rings (SSSR count). The summed E-state index contributed by atoms with van der Waals surface area (Å²) in [6.07, 6.45) is 3.35. The molecule has 1 saturated heterocycles. The summed E-state index contributed by atoms with van der Waals surface area (Å²) >= 11 is 0. The Morgan fingerprint density at radius 3 is 2.76 bits per heavy atom. The smallest absolute Gasteiger partial charge is 0.251 e. The lowest BCUT2D eigenvalue weighted by Gasteiger charge is -2.10. The molecule has 1 aliphatic heterocycles. The van der Waals surface area contributed by atoms with Crippen molar-refractivity contribution in [3.05, 3.63) is 35.4 Å². The molecule has 0 spiro atoms. The van der Waals surface area contributed by atoms with Crippen LogP contribution in [0.2, 0.25) is 0 Å². The molecule has 0 aliphatic carbocycles. The molecule has 0 aromatic heterocycles. The van der Waals surface area contributed by atoms with E-state index in [2.05, 4.69) is 12.2 Å². The topological polar surface area (TPSA) is 38.3 Å². The quantitative estimate of drug-likeness (QED) is 0.865. The van der Waals surface area contributed by atoms with E-state index in [0.29, 0.717) is 6.54 Å². The van der Waals surface area contributed by atoms with Gasteiger partial charge in [0.15, 0.2) is 0 Å². The monoisotopic (exact) mass is 233 g/mol. The van der Waals surface area contributed by atoms with Gasteiger partial charge in [-0.05, 0) is 37.0 Å². The van der Waals surface area contributed by atoms with E-state index in [-0.39, 0.29) is 12.0 Å². The normalized spacial score (nSPS) is 19.2. The number of ether oxygens (including phenoxy) is 1. The lowest BCUT2D eigenvalue weighted by atomic mass is 10.1. The number of nitrogens with one attached hydrogen (secondary N) is 1. The highest BCUT2D eigenvalue weighted by atomic mass is 16.5. The van der Waals surface area contributed by atoms with Crippen molar-refractivity contribution in [1.82, 2.24) is 5.32 Å². The summed E-state index contributed by atoms with van der Waals surface area (Å²) in [5.41, 5.74) is 1.97. The maximum Gasteiger partial charge on any atom is 0.251 e. The van der Waals surface area contributed by atoms with Crippen molar-refractivity contribution in [3.63, 3.8) is 0 Å². The number of carbonyl (C=O) groups is 1. The maximum absolute atomic E-state index is 11.8. The van der Waals surface area contributed by atoms with E-state index < -0.39 is 0 Å². The summed E-state index contributed by atoms with van der Waals surface area (Å²) in [4.78, 5) is 11.8. The zero-order valence-corrected chi connectivity index (χ0v) is 10.2. The SMILES string of the molecule is CCc1ccc(C(=O)NC[C@@H]2CCCO2)cc1. The van der Waals surface area contributed by atoms with Gasteiger partial charge in [-0.25, -0.2) is 0 Å². The van der Waals surface area contributed by atoms with Crippen LogP contribution in [0.1, 0.15) is 35.7 Å². The molecular formula is C14H19NO2. The van der Waals surface area contributed by atoms with Crippen molar-refractivity contribution >= 4 is 5.91 Å². The fraction of sp³-hybridized carbons (Fsp3) is 0.500. The van der Waals surface area contributed by atoms with E-state index in [1.54, 1.807) is 0 Å². The van der Waals surface area contributed by atoms with Crippen LogP contribution in [0.15, 0.2) is 24.3 Å². The molecule has 1 amide bonds. The van der Waals surface area contributed by atoms with Crippen molar-refractivity contribution in [2.45, 2.75) is 32.3 Å². The van der Waals surface area contributed by atoms with Gasteiger partial charge in [-0.15, -0.1) is 0 Å². The number of hydrogen-bond donors (Lipinski definition) is 1. The van der Waals surface area contributed by atoms with Crippen LogP contribution >= 0.6 is 0 Å². The van der Waals surface area contributed by atoms with Gasteiger partial charge in [-0.1, -0.05) is 19.1 Å². The molecule has 1 heterocycles. The van der Waals surface area contributed by atoms with Gasteiger partial charge < -0.3 is 10.1 Å². The molecule has 0 unspecified atom stereocenters. The molecule has 1 fully saturated rings. The predicted octanol–water partition coefficient (Wildman–Crippen LogP) is 2.16. The van der Waals surface area contributed by atoms with Gasteiger partial charge in [-0.2, -0.15) is 0 Å². The third-order valence-corrected chi connectivity index (χ3v) is 3.14. The standard InChI is InChI=1S/C14H19NO2/c1-2-11-5-7-12(8-6-11)14(16)15-10-13-4-3-9-17-13/h5-8,13H,2-4,9-10H2,1H3,(H,15,16)/t13-/m0/s1. The van der Waals surface area contributed by atoms with Gasteiger partial charge in [0, 0.05) is 18.7 Å². The van der Waals surface area contributed by atoms with Crippen LogP contribution in [0.25, 0.3) is 0 Å². The van der Waals surface area contributed by atoms with Crippen molar-refractivity contribution in [3.8, 4) is 0 Å². The lowest BCUT2D eigenvalue weighted by molar-refractivity contribution is 0.0858. The molecule has 0 saturated carbocycles. The highest BCUT2D eigenvalue weighted by molar-refractivity contribution is 5.94. The molecule has 1 N–H and O–H groups in total. The average molecular weight is 233 g/mol. The molecule has 0 bridgehead atoms. The van der Waals surface area contributed by atoms with Crippen LogP contribution < -0.4 is 5.32 Å². The molecule has 0 radical (unpaired) electrons. The van der Waals surface area contributed by atoms with Crippen LogP contribution in [0.5, 0.6) is 0 Å². The van der Waals surface area contributed by atoms with E-state index in [1.807, 2.05) is 24.3 Å². The minimum absolute atomic E-state index is 0.0110. The largest absolute Gasteiger partial charge is 0.376 e. The van der Waals surface area contributed by atoms with E-state index in [4.69, 9.17) is 4.74 Å². The minimum Gasteiger partial charge on any atom is -0.376 e. The summed E-state index contributed by atoms with van der Waals surface area (Å²) in [6.45, 7) is 3.55. The van der Waals surface area contributed by atoms with Crippen molar-refractivity contribution in [2.75, 3.05) is 13.2 Å². The highest BCUT2D eigenvalue weighted by Gasteiger charge is 2.16. The Hall–Kier alpha value is -1.35. The third kappa shape index (κ3) is 3.30. The lowest BCUT2D eigenvalue weighted by Crippen LogP contribution is -2.31. The molecular weight excluding hydrogens is 214 g/mol. The number of benzene rings is 1. The van der Waals surface area contributed by atoms with E-state index in [9.17, 15) is 4.79 Å². The Morgan fingerprint density at radius 1 is 1.41 bits per heavy atom. The Labute approximate surface area is 102 Å². The van der Waals surface area contributed by atoms with E-state index in [0.717, 1.165) is 31.4 Å². The Bertz CT molecular complexity index is 366. The Kier molecular flexibility index (Phi) is 4.15. The second-order valence-electron chi connectivity index (χ2n) is 4.40. The summed E-state index contributed by atoms with van der Waals surface area (Å²) in [5.74, 6) is -0.0110. The molecule has 3 nitrogen and oxygen atoms in total. The highest BCUT2D eigenvalue weighted by Crippen LogP contribution is 2.11. The zero-order chi connectivity index (χ0) is 12.1. The summed E-state index contributed by atoms with van der Waals surface area (Å²) in [7, 11) is 0. The van der Waals surface area contributed by atoms with Gasteiger partial charge in [0.05, 0.1) is 6.10 Å². The average Bonchev–Trinajstić information content (AvgIpc) is 2.89. The molecule has 3 heteroatoms. The number of carbonyl (C=O) groups excluding carboxylic acids is 1. The summed E-state index contributed by atoms with van der Waals surface area (Å²) in [5, 5.41) is 2.91. The van der Waals surface area contributed by atoms with Crippen molar-refractivity contribution in [2.24, 2.45) is 0 Å². The predicted molar refractivity (Wildman–Crippen MR) is 67.1 cm³/mol. The Balaban J connectivity index is 1.85. The number of rotatable bonds is 4. The van der Waals surface area contributed by atoms with E-state index >= 15 is 0 Å². The van der Waals surface area contributed by atoms with Gasteiger partial charge >= 0.3 is 0 Å². The first kappa shape index (κ1) is 12.1. The van der Waals surface area contributed by atoms with Crippen LogP contribution in [0.4, 0.5) is 0 Å². The fourth-order valence-corrected chi connectivity index (χ4v) is 2.01. The van der Waals surface area contributed by atoms with Crippen LogP contribution in [0, 0.1) is 0 Å². The molecule has 1 aliphatic rings. The zero-order valence-electron chi connectivity index (χ0n) is 10.2. The second-order valence-corrected chi connectivity index (χ2v) is 4.40. The number of aryl methyl sites for hydroxylation is 1. The first-order chi connectivity index (χ1) is 8.29. The maximum atomic E-state index is 11.8. The first-order valence-corrected chi connectivity index (χ1v) is 6.28. The van der Waals surface area contributed by atoms with Crippen LogP contribution in [-0.4, -0.2) is 25.2 Å². The van der Waals surface area contributed by atoms with Crippen molar-refractivity contribution in [1.29, 1.82) is 0 Å². The van der Waals surface area contributed by atoms with Gasteiger partial charge in [0.1, 0.15) is 0 Å². The minimum atomic E-state index is -0.0110.